The molecular formula is C12H16N4O2. The molecule has 0 spiro atoms. The number of aliphatic hydroxyl groups is 1. The van der Waals surface area contributed by atoms with Crippen molar-refractivity contribution in [2.45, 2.75) is 19.4 Å². The van der Waals surface area contributed by atoms with Gasteiger partial charge < -0.3 is 9.84 Å². The lowest BCUT2D eigenvalue weighted by Gasteiger charge is -2.04. The summed E-state index contributed by atoms with van der Waals surface area (Å²) in [7, 11) is 1.64. The number of tetrazole rings is 1. The van der Waals surface area contributed by atoms with Crippen LogP contribution in [0, 0.1) is 0 Å². The van der Waals surface area contributed by atoms with E-state index >= 15 is 0 Å². The van der Waals surface area contributed by atoms with Crippen LogP contribution in [0.2, 0.25) is 0 Å². The zero-order valence-electron chi connectivity index (χ0n) is 10.3. The normalized spacial score (nSPS) is 10.6. The van der Waals surface area contributed by atoms with Crippen LogP contribution < -0.4 is 4.74 Å². The minimum Gasteiger partial charge on any atom is -0.497 e. The third-order valence-electron chi connectivity index (χ3n) is 2.66. The highest BCUT2D eigenvalue weighted by atomic mass is 16.5. The molecule has 1 N–H and O–H groups in total. The Morgan fingerprint density at radius 1 is 1.28 bits per heavy atom. The van der Waals surface area contributed by atoms with Gasteiger partial charge in [-0.2, -0.15) is 0 Å². The predicted octanol–water partition coefficient (Wildman–Crippen LogP) is 0.655. The number of benzene rings is 1. The highest BCUT2D eigenvalue weighted by Gasteiger charge is 2.06. The van der Waals surface area contributed by atoms with E-state index in [1.807, 2.05) is 24.3 Å². The second-order valence-electron chi connectivity index (χ2n) is 3.92. The molecule has 0 atom stereocenters. The van der Waals surface area contributed by atoms with E-state index in [1.165, 1.54) is 0 Å². The van der Waals surface area contributed by atoms with Gasteiger partial charge in [-0.05, 0) is 34.5 Å². The van der Waals surface area contributed by atoms with Crippen molar-refractivity contribution in [3.63, 3.8) is 0 Å². The minimum atomic E-state index is 0.141. The second kappa shape index (κ2) is 6.11. The van der Waals surface area contributed by atoms with E-state index in [0.717, 1.165) is 17.1 Å². The summed E-state index contributed by atoms with van der Waals surface area (Å²) < 4.78 is 6.83. The van der Waals surface area contributed by atoms with Crippen molar-refractivity contribution in [3.8, 4) is 5.75 Å². The van der Waals surface area contributed by atoms with Gasteiger partial charge in [0.2, 0.25) is 0 Å². The molecule has 6 nitrogen and oxygen atoms in total. The molecule has 0 saturated heterocycles. The van der Waals surface area contributed by atoms with Gasteiger partial charge in [-0.15, -0.1) is 5.10 Å². The highest BCUT2D eigenvalue weighted by molar-refractivity contribution is 5.28. The monoisotopic (exact) mass is 248 g/mol. The fourth-order valence-corrected chi connectivity index (χ4v) is 1.67. The molecule has 0 radical (unpaired) electrons. The summed E-state index contributed by atoms with van der Waals surface area (Å²) >= 11 is 0. The average molecular weight is 248 g/mol. The maximum Gasteiger partial charge on any atom is 0.155 e. The Morgan fingerprint density at radius 2 is 2.06 bits per heavy atom. The molecule has 1 aromatic heterocycles. The van der Waals surface area contributed by atoms with Crippen LogP contribution in [0.5, 0.6) is 5.75 Å². The molecule has 2 rings (SSSR count). The first-order valence-corrected chi connectivity index (χ1v) is 5.82. The summed E-state index contributed by atoms with van der Waals surface area (Å²) in [5, 5.41) is 20.4. The van der Waals surface area contributed by atoms with Gasteiger partial charge in [0.15, 0.2) is 5.82 Å². The number of rotatable bonds is 6. The minimum absolute atomic E-state index is 0.141. The second-order valence-corrected chi connectivity index (χ2v) is 3.92. The third-order valence-corrected chi connectivity index (χ3v) is 2.66. The molecule has 2 aromatic rings. The SMILES string of the molecule is COc1ccc(Cc2nnnn2CCCO)cc1. The fourth-order valence-electron chi connectivity index (χ4n) is 1.67. The molecule has 0 bridgehead atoms. The zero-order valence-corrected chi connectivity index (χ0v) is 10.3. The zero-order chi connectivity index (χ0) is 12.8. The molecule has 1 heterocycles. The van der Waals surface area contributed by atoms with Gasteiger partial charge in [0, 0.05) is 19.6 Å². The lowest BCUT2D eigenvalue weighted by atomic mass is 10.1. The Hall–Kier alpha value is -1.95. The molecule has 0 amide bonds. The predicted molar refractivity (Wildman–Crippen MR) is 65.3 cm³/mol. The summed E-state index contributed by atoms with van der Waals surface area (Å²) in [6, 6.07) is 7.81. The van der Waals surface area contributed by atoms with Crippen molar-refractivity contribution in [2.24, 2.45) is 0 Å². The third kappa shape index (κ3) is 3.04. The van der Waals surface area contributed by atoms with Crippen LogP contribution in [-0.4, -0.2) is 39.0 Å². The summed E-state index contributed by atoms with van der Waals surface area (Å²) in [5.41, 5.74) is 1.12. The first kappa shape index (κ1) is 12.5. The first-order valence-electron chi connectivity index (χ1n) is 5.82. The van der Waals surface area contributed by atoms with E-state index in [0.29, 0.717) is 19.4 Å². The van der Waals surface area contributed by atoms with Crippen LogP contribution in [-0.2, 0) is 13.0 Å². The maximum absolute atomic E-state index is 8.81. The van der Waals surface area contributed by atoms with E-state index in [4.69, 9.17) is 9.84 Å². The number of ether oxygens (including phenoxy) is 1. The molecule has 6 heteroatoms. The first-order chi connectivity index (χ1) is 8.83. The van der Waals surface area contributed by atoms with E-state index in [1.54, 1.807) is 11.8 Å². The van der Waals surface area contributed by atoms with E-state index < -0.39 is 0 Å². The van der Waals surface area contributed by atoms with Crippen LogP contribution >= 0.6 is 0 Å². The van der Waals surface area contributed by atoms with E-state index in [9.17, 15) is 0 Å². The van der Waals surface area contributed by atoms with Crippen LogP contribution in [0.15, 0.2) is 24.3 Å². The number of hydrogen-bond acceptors (Lipinski definition) is 5. The highest BCUT2D eigenvalue weighted by Crippen LogP contribution is 2.13. The van der Waals surface area contributed by atoms with Crippen molar-refractivity contribution in [2.75, 3.05) is 13.7 Å². The van der Waals surface area contributed by atoms with Gasteiger partial charge in [0.1, 0.15) is 5.75 Å². The quantitative estimate of drug-likeness (QED) is 0.812. The number of aromatic nitrogens is 4. The number of nitrogens with zero attached hydrogens (tertiary/aromatic N) is 4. The lowest BCUT2D eigenvalue weighted by Crippen LogP contribution is -2.07. The van der Waals surface area contributed by atoms with Gasteiger partial charge in [-0.25, -0.2) is 4.68 Å². The smallest absolute Gasteiger partial charge is 0.155 e. The summed E-state index contributed by atoms with van der Waals surface area (Å²) in [6.07, 6.45) is 1.32. The van der Waals surface area contributed by atoms with Crippen LogP contribution in [0.3, 0.4) is 0 Å². The van der Waals surface area contributed by atoms with Crippen molar-refractivity contribution >= 4 is 0 Å². The molecule has 0 unspecified atom stereocenters. The molecule has 0 aliphatic heterocycles. The number of aryl methyl sites for hydroxylation is 1. The van der Waals surface area contributed by atoms with Gasteiger partial charge in [-0.1, -0.05) is 12.1 Å². The summed E-state index contributed by atoms with van der Waals surface area (Å²) in [4.78, 5) is 0. The van der Waals surface area contributed by atoms with Crippen molar-refractivity contribution in [3.05, 3.63) is 35.7 Å². The molecule has 0 fully saturated rings. The molecule has 0 aliphatic rings. The number of hydrogen-bond donors (Lipinski definition) is 1. The van der Waals surface area contributed by atoms with Crippen LogP contribution in [0.4, 0.5) is 0 Å². The molecule has 96 valence electrons. The summed E-state index contributed by atoms with van der Waals surface area (Å²) in [6.45, 7) is 0.775. The molecule has 1 aromatic carbocycles. The van der Waals surface area contributed by atoms with Crippen molar-refractivity contribution < 1.29 is 9.84 Å². The Morgan fingerprint density at radius 3 is 2.72 bits per heavy atom. The number of aliphatic hydroxyl groups excluding tert-OH is 1. The van der Waals surface area contributed by atoms with Gasteiger partial charge >= 0.3 is 0 Å². The molecule has 0 aliphatic carbocycles. The van der Waals surface area contributed by atoms with Crippen LogP contribution in [0.25, 0.3) is 0 Å². The molecular weight excluding hydrogens is 232 g/mol. The van der Waals surface area contributed by atoms with Gasteiger partial charge in [0.25, 0.3) is 0 Å². The average Bonchev–Trinajstić information content (AvgIpc) is 2.84. The Kier molecular flexibility index (Phi) is 4.25. The standard InChI is InChI=1S/C12H16N4O2/c1-18-11-5-3-10(4-6-11)9-12-13-14-15-16(12)7-2-8-17/h3-6,17H,2,7-9H2,1H3. The molecule has 18 heavy (non-hydrogen) atoms. The van der Waals surface area contributed by atoms with Gasteiger partial charge in [-0.3, -0.25) is 0 Å². The number of methoxy groups -OCH3 is 1. The topological polar surface area (TPSA) is 73.1 Å². The van der Waals surface area contributed by atoms with Gasteiger partial charge in [0.05, 0.1) is 7.11 Å². The fraction of sp³-hybridized carbons (Fsp3) is 0.417. The van der Waals surface area contributed by atoms with Crippen molar-refractivity contribution in [1.29, 1.82) is 0 Å². The van der Waals surface area contributed by atoms with E-state index in [-0.39, 0.29) is 6.61 Å². The Labute approximate surface area is 105 Å². The summed E-state index contributed by atoms with van der Waals surface area (Å²) in [5.74, 6) is 1.63. The Bertz CT molecular complexity index is 481. The van der Waals surface area contributed by atoms with Crippen molar-refractivity contribution in [1.82, 2.24) is 20.2 Å². The molecule has 0 saturated carbocycles. The lowest BCUT2D eigenvalue weighted by molar-refractivity contribution is 0.275. The van der Waals surface area contributed by atoms with E-state index in [2.05, 4.69) is 15.5 Å². The maximum atomic E-state index is 8.81. The Balaban J connectivity index is 2.05. The largest absolute Gasteiger partial charge is 0.497 e. The van der Waals surface area contributed by atoms with Crippen LogP contribution in [0.1, 0.15) is 17.8 Å².